The summed E-state index contributed by atoms with van der Waals surface area (Å²) in [7, 11) is -2.45. The highest BCUT2D eigenvalue weighted by atomic mass is 32.2. The van der Waals surface area contributed by atoms with Gasteiger partial charge in [-0.15, -0.1) is 11.3 Å². The van der Waals surface area contributed by atoms with Gasteiger partial charge in [-0.05, 0) is 6.07 Å². The van der Waals surface area contributed by atoms with E-state index < -0.39 is 16.0 Å². The van der Waals surface area contributed by atoms with Gasteiger partial charge >= 0.3 is 5.97 Å². The van der Waals surface area contributed by atoms with Gasteiger partial charge in [-0.1, -0.05) is 6.92 Å². The first-order valence-corrected chi connectivity index (χ1v) is 7.14. The predicted octanol–water partition coefficient (Wildman–Crippen LogP) is 0.514. The average Bonchev–Trinajstić information content (AvgIpc) is 2.72. The standard InChI is InChI=1S/C9H14N2O4S2/c1-3-11(5-8(12)15-2)17(13,14)9-4-7(10)6-16-9/h4,6H,3,5,10H2,1-2H3. The van der Waals surface area contributed by atoms with Gasteiger partial charge < -0.3 is 10.5 Å². The number of nitrogen functional groups attached to an aromatic ring is 1. The van der Waals surface area contributed by atoms with Crippen molar-refractivity contribution in [1.82, 2.24) is 4.31 Å². The van der Waals surface area contributed by atoms with Crippen molar-refractivity contribution in [3.8, 4) is 0 Å². The molecule has 1 aromatic heterocycles. The van der Waals surface area contributed by atoms with Crippen molar-refractivity contribution < 1.29 is 17.9 Å². The number of nitrogens with zero attached hydrogens (tertiary/aromatic N) is 1. The number of ether oxygens (including phenoxy) is 1. The zero-order valence-electron chi connectivity index (χ0n) is 9.54. The second-order valence-electron chi connectivity index (χ2n) is 3.21. The van der Waals surface area contributed by atoms with Crippen molar-refractivity contribution in [2.24, 2.45) is 0 Å². The second kappa shape index (κ2) is 5.48. The van der Waals surface area contributed by atoms with Gasteiger partial charge in [0.25, 0.3) is 10.0 Å². The number of hydrogen-bond acceptors (Lipinski definition) is 6. The Balaban J connectivity index is 2.98. The summed E-state index contributed by atoms with van der Waals surface area (Å²) in [6.07, 6.45) is 0. The summed E-state index contributed by atoms with van der Waals surface area (Å²) in [5, 5.41) is 1.54. The van der Waals surface area contributed by atoms with Gasteiger partial charge in [-0.3, -0.25) is 4.79 Å². The Hall–Kier alpha value is -1.12. The van der Waals surface area contributed by atoms with Crippen LogP contribution in [-0.4, -0.2) is 38.9 Å². The van der Waals surface area contributed by atoms with E-state index >= 15 is 0 Å². The lowest BCUT2D eigenvalue weighted by atomic mass is 10.6. The Labute approximate surface area is 104 Å². The van der Waals surface area contributed by atoms with E-state index in [9.17, 15) is 13.2 Å². The Bertz CT molecular complexity index is 495. The summed E-state index contributed by atoms with van der Waals surface area (Å²) in [4.78, 5) is 11.1. The predicted molar refractivity (Wildman–Crippen MR) is 65.2 cm³/mol. The summed E-state index contributed by atoms with van der Waals surface area (Å²) in [6, 6.07) is 1.37. The number of nitrogens with two attached hydrogens (primary N) is 1. The van der Waals surface area contributed by atoms with E-state index in [1.165, 1.54) is 13.2 Å². The molecular weight excluding hydrogens is 264 g/mol. The number of likely N-dealkylation sites (N-methyl/N-ethyl adjacent to an activating group) is 1. The van der Waals surface area contributed by atoms with Crippen molar-refractivity contribution in [2.45, 2.75) is 11.1 Å². The van der Waals surface area contributed by atoms with Crippen LogP contribution in [0.2, 0.25) is 0 Å². The third-order valence-corrected chi connectivity index (χ3v) is 5.43. The van der Waals surface area contributed by atoms with Gasteiger partial charge in [0.2, 0.25) is 0 Å². The highest BCUT2D eigenvalue weighted by Crippen LogP contribution is 2.24. The van der Waals surface area contributed by atoms with Crippen LogP contribution in [0.15, 0.2) is 15.7 Å². The SMILES string of the molecule is CCN(CC(=O)OC)S(=O)(=O)c1cc(N)cs1. The Morgan fingerprint density at radius 2 is 2.24 bits per heavy atom. The largest absolute Gasteiger partial charge is 0.468 e. The molecule has 6 nitrogen and oxygen atoms in total. The van der Waals surface area contributed by atoms with Gasteiger partial charge in [0.05, 0.1) is 7.11 Å². The van der Waals surface area contributed by atoms with E-state index in [2.05, 4.69) is 4.74 Å². The monoisotopic (exact) mass is 278 g/mol. The molecule has 8 heteroatoms. The van der Waals surface area contributed by atoms with Crippen molar-refractivity contribution in [3.63, 3.8) is 0 Å². The molecule has 0 atom stereocenters. The molecular formula is C9H14N2O4S2. The third-order valence-electron chi connectivity index (χ3n) is 2.08. The fourth-order valence-corrected chi connectivity index (χ4v) is 3.79. The minimum Gasteiger partial charge on any atom is -0.468 e. The van der Waals surface area contributed by atoms with Gasteiger partial charge in [0, 0.05) is 17.6 Å². The Morgan fingerprint density at radius 1 is 1.59 bits per heavy atom. The first-order valence-electron chi connectivity index (χ1n) is 4.82. The van der Waals surface area contributed by atoms with Gasteiger partial charge in [0.15, 0.2) is 0 Å². The molecule has 0 spiro atoms. The number of carbonyl (C=O) groups is 1. The zero-order chi connectivity index (χ0) is 13.1. The molecule has 0 amide bonds. The van der Waals surface area contributed by atoms with E-state index in [1.54, 1.807) is 12.3 Å². The van der Waals surface area contributed by atoms with Crippen LogP contribution >= 0.6 is 11.3 Å². The lowest BCUT2D eigenvalue weighted by molar-refractivity contribution is -0.140. The van der Waals surface area contributed by atoms with Crippen molar-refractivity contribution in [2.75, 3.05) is 25.9 Å². The molecule has 0 aliphatic carbocycles. The van der Waals surface area contributed by atoms with Gasteiger partial charge in [-0.2, -0.15) is 4.31 Å². The molecule has 0 saturated carbocycles. The lowest BCUT2D eigenvalue weighted by Gasteiger charge is -2.17. The highest BCUT2D eigenvalue weighted by Gasteiger charge is 2.26. The normalized spacial score (nSPS) is 11.7. The molecule has 0 aliphatic rings. The fourth-order valence-electron chi connectivity index (χ4n) is 1.17. The fraction of sp³-hybridized carbons (Fsp3) is 0.444. The second-order valence-corrected chi connectivity index (χ2v) is 6.28. The molecule has 1 aromatic rings. The molecule has 96 valence electrons. The molecule has 0 bridgehead atoms. The van der Waals surface area contributed by atoms with Crippen molar-refractivity contribution in [1.29, 1.82) is 0 Å². The van der Waals surface area contributed by atoms with Crippen LogP contribution < -0.4 is 5.73 Å². The van der Waals surface area contributed by atoms with E-state index in [4.69, 9.17) is 5.73 Å². The minimum atomic E-state index is -3.66. The number of sulfonamides is 1. The molecule has 0 unspecified atom stereocenters. The molecule has 17 heavy (non-hydrogen) atoms. The number of carbonyl (C=O) groups excluding carboxylic acids is 1. The van der Waals surface area contributed by atoms with E-state index in [0.29, 0.717) is 5.69 Å². The topological polar surface area (TPSA) is 89.7 Å². The van der Waals surface area contributed by atoms with Crippen LogP contribution in [0.1, 0.15) is 6.92 Å². The molecule has 1 heterocycles. The van der Waals surface area contributed by atoms with Crippen molar-refractivity contribution >= 4 is 33.0 Å². The summed E-state index contributed by atoms with van der Waals surface area (Å²) < 4.78 is 29.8. The molecule has 0 fully saturated rings. The molecule has 0 aromatic carbocycles. The highest BCUT2D eigenvalue weighted by molar-refractivity contribution is 7.91. The van der Waals surface area contributed by atoms with Crippen LogP contribution in [0.25, 0.3) is 0 Å². The van der Waals surface area contributed by atoms with Gasteiger partial charge in [-0.25, -0.2) is 8.42 Å². The van der Waals surface area contributed by atoms with E-state index in [-0.39, 0.29) is 17.3 Å². The number of hydrogen-bond donors (Lipinski definition) is 1. The summed E-state index contributed by atoms with van der Waals surface area (Å²) >= 11 is 1.03. The average molecular weight is 278 g/mol. The van der Waals surface area contributed by atoms with Gasteiger partial charge in [0.1, 0.15) is 10.8 Å². The number of methoxy groups -OCH3 is 1. The summed E-state index contributed by atoms with van der Waals surface area (Å²) in [5.74, 6) is -0.597. The maximum atomic E-state index is 12.1. The quantitative estimate of drug-likeness (QED) is 0.793. The Kier molecular flexibility index (Phi) is 4.49. The lowest BCUT2D eigenvalue weighted by Crippen LogP contribution is -2.35. The number of rotatable bonds is 5. The minimum absolute atomic E-state index is 0.126. The molecule has 0 radical (unpaired) electrons. The summed E-state index contributed by atoms with van der Waals surface area (Å²) in [5.41, 5.74) is 5.87. The molecule has 0 aliphatic heterocycles. The van der Waals surface area contributed by atoms with Crippen LogP contribution in [0.5, 0.6) is 0 Å². The van der Waals surface area contributed by atoms with E-state index in [0.717, 1.165) is 15.6 Å². The maximum absolute atomic E-state index is 12.1. The molecule has 1 rings (SSSR count). The molecule has 0 saturated heterocycles. The first-order chi connectivity index (χ1) is 7.91. The zero-order valence-corrected chi connectivity index (χ0v) is 11.2. The number of thiophene rings is 1. The first kappa shape index (κ1) is 13.9. The Morgan fingerprint density at radius 3 is 2.65 bits per heavy atom. The van der Waals surface area contributed by atoms with E-state index in [1.807, 2.05) is 0 Å². The maximum Gasteiger partial charge on any atom is 0.321 e. The molecule has 2 N–H and O–H groups in total. The smallest absolute Gasteiger partial charge is 0.321 e. The number of anilines is 1. The van der Waals surface area contributed by atoms with Crippen LogP contribution in [-0.2, 0) is 19.6 Å². The van der Waals surface area contributed by atoms with Crippen molar-refractivity contribution in [3.05, 3.63) is 11.4 Å². The number of esters is 1. The van der Waals surface area contributed by atoms with Crippen LogP contribution in [0, 0.1) is 0 Å². The van der Waals surface area contributed by atoms with Crippen LogP contribution in [0.4, 0.5) is 5.69 Å². The third kappa shape index (κ3) is 3.18. The van der Waals surface area contributed by atoms with Crippen LogP contribution in [0.3, 0.4) is 0 Å². The summed E-state index contributed by atoms with van der Waals surface area (Å²) in [6.45, 7) is 1.54.